The molecule has 4 nitrogen and oxygen atoms in total. The van der Waals surface area contributed by atoms with Gasteiger partial charge in [-0.3, -0.25) is 0 Å². The van der Waals surface area contributed by atoms with Gasteiger partial charge in [0.15, 0.2) is 6.61 Å². The van der Waals surface area contributed by atoms with Crippen molar-refractivity contribution in [3.05, 3.63) is 59.7 Å². The van der Waals surface area contributed by atoms with E-state index in [2.05, 4.69) is 12.1 Å². The summed E-state index contributed by atoms with van der Waals surface area (Å²) in [6.07, 6.45) is 0.968. The Balaban J connectivity index is 1.45. The Kier molecular flexibility index (Phi) is 3.77. The minimum atomic E-state index is -0.373. The van der Waals surface area contributed by atoms with Gasteiger partial charge in [0.1, 0.15) is 5.75 Å². The van der Waals surface area contributed by atoms with Gasteiger partial charge >= 0.3 is 5.97 Å². The molecule has 1 aliphatic rings. The number of benzene rings is 2. The lowest BCUT2D eigenvalue weighted by molar-refractivity contribution is -0.146. The average Bonchev–Trinajstić information content (AvgIpc) is 2.47. The van der Waals surface area contributed by atoms with Crippen molar-refractivity contribution in [3.63, 3.8) is 0 Å². The Morgan fingerprint density at radius 1 is 1.14 bits per heavy atom. The zero-order chi connectivity index (χ0) is 14.7. The molecule has 4 heteroatoms. The number of ether oxygens (including phenoxy) is 2. The van der Waals surface area contributed by atoms with Crippen LogP contribution in [0, 0.1) is 0 Å². The number of fused-ring (bicyclic) bond motifs is 1. The molecule has 2 aromatic carbocycles. The van der Waals surface area contributed by atoms with Crippen molar-refractivity contribution in [1.82, 2.24) is 0 Å². The van der Waals surface area contributed by atoms with Gasteiger partial charge in [-0.2, -0.15) is 0 Å². The highest BCUT2D eigenvalue weighted by Crippen LogP contribution is 2.34. The van der Waals surface area contributed by atoms with E-state index in [-0.39, 0.29) is 12.6 Å². The van der Waals surface area contributed by atoms with Crippen LogP contribution in [0.25, 0.3) is 0 Å². The van der Waals surface area contributed by atoms with E-state index in [1.54, 1.807) is 12.1 Å². The normalized spacial score (nSPS) is 15.7. The van der Waals surface area contributed by atoms with Crippen LogP contribution >= 0.6 is 0 Å². The number of esters is 1. The maximum atomic E-state index is 11.7. The quantitative estimate of drug-likeness (QED) is 0.676. The van der Waals surface area contributed by atoms with Crippen LogP contribution in [0.3, 0.4) is 0 Å². The molecule has 2 aromatic rings. The van der Waals surface area contributed by atoms with E-state index >= 15 is 0 Å². The molecule has 3 rings (SSSR count). The first kappa shape index (κ1) is 13.5. The second-order valence-corrected chi connectivity index (χ2v) is 5.11. The van der Waals surface area contributed by atoms with Gasteiger partial charge in [0.2, 0.25) is 0 Å². The smallest absolute Gasteiger partial charge is 0.344 e. The van der Waals surface area contributed by atoms with Gasteiger partial charge < -0.3 is 15.2 Å². The fourth-order valence-electron chi connectivity index (χ4n) is 2.50. The molecule has 0 fully saturated rings. The van der Waals surface area contributed by atoms with Crippen LogP contribution in [0.5, 0.6) is 5.75 Å². The molecule has 21 heavy (non-hydrogen) atoms. The fourth-order valence-corrected chi connectivity index (χ4v) is 2.50. The highest BCUT2D eigenvalue weighted by Gasteiger charge is 2.26. The summed E-state index contributed by atoms with van der Waals surface area (Å²) < 4.78 is 10.6. The number of para-hydroxylation sites is 2. The van der Waals surface area contributed by atoms with Gasteiger partial charge in [-0.1, -0.05) is 36.4 Å². The monoisotopic (exact) mass is 283 g/mol. The second kappa shape index (κ2) is 5.87. The zero-order valence-electron chi connectivity index (χ0n) is 11.6. The highest BCUT2D eigenvalue weighted by atomic mass is 16.6. The van der Waals surface area contributed by atoms with Crippen LogP contribution in [0.2, 0.25) is 0 Å². The van der Waals surface area contributed by atoms with E-state index in [0.717, 1.165) is 6.42 Å². The summed E-state index contributed by atoms with van der Waals surface area (Å²) in [4.78, 5) is 11.7. The van der Waals surface area contributed by atoms with Crippen LogP contribution in [-0.4, -0.2) is 19.2 Å². The molecule has 108 valence electrons. The molecule has 0 aromatic heterocycles. The lowest BCUT2D eigenvalue weighted by Crippen LogP contribution is -2.25. The predicted octanol–water partition coefficient (Wildman–Crippen LogP) is 2.53. The lowest BCUT2D eigenvalue weighted by atomic mass is 9.78. The second-order valence-electron chi connectivity index (χ2n) is 5.11. The Morgan fingerprint density at radius 2 is 1.90 bits per heavy atom. The summed E-state index contributed by atoms with van der Waals surface area (Å²) in [7, 11) is 0. The van der Waals surface area contributed by atoms with E-state index in [0.29, 0.717) is 24.0 Å². The summed E-state index contributed by atoms with van der Waals surface area (Å²) in [6.45, 7) is 0.284. The van der Waals surface area contributed by atoms with Crippen molar-refractivity contribution in [2.75, 3.05) is 18.9 Å². The molecule has 0 bridgehead atoms. The minimum Gasteiger partial charge on any atom is -0.480 e. The molecule has 0 aliphatic heterocycles. The number of carbonyl (C=O) groups excluding carboxylic acids is 1. The molecule has 1 unspecified atom stereocenters. The third kappa shape index (κ3) is 2.99. The third-order valence-corrected chi connectivity index (χ3v) is 3.67. The van der Waals surface area contributed by atoms with Crippen LogP contribution in [0.4, 0.5) is 5.69 Å². The van der Waals surface area contributed by atoms with Gasteiger partial charge in [0, 0.05) is 5.92 Å². The summed E-state index contributed by atoms with van der Waals surface area (Å²) in [5, 5.41) is 0. The largest absolute Gasteiger partial charge is 0.480 e. The summed E-state index contributed by atoms with van der Waals surface area (Å²) in [5.74, 6) is 0.443. The van der Waals surface area contributed by atoms with Gasteiger partial charge in [-0.05, 0) is 29.7 Å². The number of hydrogen-bond donors (Lipinski definition) is 1. The number of carbonyl (C=O) groups is 1. The first-order valence-corrected chi connectivity index (χ1v) is 6.95. The van der Waals surface area contributed by atoms with Crippen LogP contribution in [0.15, 0.2) is 48.5 Å². The number of anilines is 1. The first-order chi connectivity index (χ1) is 10.2. The Hall–Kier alpha value is -2.49. The van der Waals surface area contributed by atoms with Gasteiger partial charge in [0.05, 0.1) is 12.3 Å². The summed E-state index contributed by atoms with van der Waals surface area (Å²) in [6, 6.07) is 15.3. The Bertz CT molecular complexity index is 654. The van der Waals surface area contributed by atoms with Gasteiger partial charge in [-0.15, -0.1) is 0 Å². The maximum absolute atomic E-state index is 11.7. The van der Waals surface area contributed by atoms with Crippen molar-refractivity contribution in [2.24, 2.45) is 0 Å². The first-order valence-electron chi connectivity index (χ1n) is 6.95. The topological polar surface area (TPSA) is 61.5 Å². The molecule has 1 aliphatic carbocycles. The summed E-state index contributed by atoms with van der Waals surface area (Å²) >= 11 is 0. The molecule has 1 atom stereocenters. The van der Waals surface area contributed by atoms with E-state index in [1.165, 1.54) is 11.1 Å². The standard InChI is InChI=1S/C17H17NO3/c18-15-7-3-4-8-16(15)20-11-17(19)21-10-13-9-12-5-1-2-6-14(12)13/h1-8,13H,9-11,18H2. The third-order valence-electron chi connectivity index (χ3n) is 3.67. The van der Waals surface area contributed by atoms with E-state index < -0.39 is 0 Å². The highest BCUT2D eigenvalue weighted by molar-refractivity contribution is 5.71. The van der Waals surface area contributed by atoms with Crippen molar-refractivity contribution in [2.45, 2.75) is 12.3 Å². The Labute approximate surface area is 123 Å². The minimum absolute atomic E-state index is 0.122. The predicted molar refractivity (Wildman–Crippen MR) is 80.2 cm³/mol. The molecular weight excluding hydrogens is 266 g/mol. The summed E-state index contributed by atoms with van der Waals surface area (Å²) in [5.41, 5.74) is 8.86. The number of rotatable bonds is 5. The Morgan fingerprint density at radius 3 is 2.71 bits per heavy atom. The lowest BCUT2D eigenvalue weighted by Gasteiger charge is -2.29. The zero-order valence-corrected chi connectivity index (χ0v) is 11.6. The number of nitrogen functional groups attached to an aromatic ring is 1. The van der Waals surface area contributed by atoms with Crippen LogP contribution in [-0.2, 0) is 16.0 Å². The van der Waals surface area contributed by atoms with Crippen LogP contribution < -0.4 is 10.5 Å². The SMILES string of the molecule is Nc1ccccc1OCC(=O)OCC1Cc2ccccc21. The fraction of sp³-hybridized carbons (Fsp3) is 0.235. The van der Waals surface area contributed by atoms with Crippen molar-refractivity contribution in [1.29, 1.82) is 0 Å². The van der Waals surface area contributed by atoms with Gasteiger partial charge in [-0.25, -0.2) is 4.79 Å². The average molecular weight is 283 g/mol. The molecule has 0 heterocycles. The van der Waals surface area contributed by atoms with Gasteiger partial charge in [0.25, 0.3) is 0 Å². The van der Waals surface area contributed by atoms with E-state index in [4.69, 9.17) is 15.2 Å². The maximum Gasteiger partial charge on any atom is 0.344 e. The van der Waals surface area contributed by atoms with Crippen molar-refractivity contribution in [3.8, 4) is 5.75 Å². The molecule has 0 spiro atoms. The number of hydrogen-bond acceptors (Lipinski definition) is 4. The van der Waals surface area contributed by atoms with E-state index in [9.17, 15) is 4.79 Å². The molecule has 0 saturated carbocycles. The molecule has 0 saturated heterocycles. The van der Waals surface area contributed by atoms with Crippen molar-refractivity contribution < 1.29 is 14.3 Å². The molecule has 0 radical (unpaired) electrons. The van der Waals surface area contributed by atoms with E-state index in [1.807, 2.05) is 24.3 Å². The molecular formula is C17H17NO3. The van der Waals surface area contributed by atoms with Crippen molar-refractivity contribution >= 4 is 11.7 Å². The molecule has 2 N–H and O–H groups in total. The number of nitrogens with two attached hydrogens (primary N) is 1. The molecule has 0 amide bonds. The van der Waals surface area contributed by atoms with Crippen LogP contribution in [0.1, 0.15) is 17.0 Å².